The second-order valence-corrected chi connectivity index (χ2v) is 4.16. The molecule has 0 bridgehead atoms. The van der Waals surface area contributed by atoms with Crippen LogP contribution in [0.1, 0.15) is 17.4 Å². The Morgan fingerprint density at radius 3 is 2.58 bits per heavy atom. The van der Waals surface area contributed by atoms with Crippen molar-refractivity contribution in [3.63, 3.8) is 0 Å². The second kappa shape index (κ2) is 5.56. The monoisotopic (exact) mass is 259 g/mol. The molecule has 1 aromatic carbocycles. The van der Waals surface area contributed by atoms with Crippen molar-refractivity contribution in [2.75, 3.05) is 20.7 Å². The highest BCUT2D eigenvalue weighted by atomic mass is 16.5. The van der Waals surface area contributed by atoms with Crippen LogP contribution in [0.25, 0.3) is 5.69 Å². The predicted octanol–water partition coefficient (Wildman–Crippen LogP) is 1.97. The zero-order valence-corrected chi connectivity index (χ0v) is 11.3. The van der Waals surface area contributed by atoms with Crippen LogP contribution in [0.3, 0.4) is 0 Å². The Balaban J connectivity index is 2.22. The predicted molar refractivity (Wildman–Crippen MR) is 72.8 cm³/mol. The van der Waals surface area contributed by atoms with E-state index in [1.807, 2.05) is 31.2 Å². The van der Waals surface area contributed by atoms with E-state index in [4.69, 9.17) is 4.74 Å². The first-order chi connectivity index (χ1) is 9.15. The molecule has 0 fully saturated rings. The Morgan fingerprint density at radius 1 is 1.32 bits per heavy atom. The topological polar surface area (TPSA) is 47.4 Å². The summed E-state index contributed by atoms with van der Waals surface area (Å²) in [6, 6.07) is 9.22. The molecule has 1 amide bonds. The minimum atomic E-state index is -0.0743. The lowest BCUT2D eigenvalue weighted by Crippen LogP contribution is -2.26. The number of hydrogen-bond acceptors (Lipinski definition) is 3. The van der Waals surface area contributed by atoms with Gasteiger partial charge in [0.05, 0.1) is 12.8 Å². The number of aromatic nitrogens is 2. The maximum absolute atomic E-state index is 12.0. The fourth-order valence-electron chi connectivity index (χ4n) is 1.66. The third kappa shape index (κ3) is 2.76. The largest absolute Gasteiger partial charge is 0.497 e. The fraction of sp³-hybridized carbons (Fsp3) is 0.286. The molecule has 1 aromatic heterocycles. The van der Waals surface area contributed by atoms with E-state index < -0.39 is 0 Å². The molecule has 0 unspecified atom stereocenters. The van der Waals surface area contributed by atoms with Crippen molar-refractivity contribution < 1.29 is 9.53 Å². The van der Waals surface area contributed by atoms with Gasteiger partial charge in [-0.3, -0.25) is 4.79 Å². The minimum absolute atomic E-state index is 0.0743. The number of carbonyl (C=O) groups excluding carboxylic acids is 1. The van der Waals surface area contributed by atoms with Gasteiger partial charge >= 0.3 is 0 Å². The van der Waals surface area contributed by atoms with E-state index in [9.17, 15) is 4.79 Å². The number of benzene rings is 1. The molecule has 0 radical (unpaired) electrons. The second-order valence-electron chi connectivity index (χ2n) is 4.16. The third-order valence-electron chi connectivity index (χ3n) is 2.97. The molecule has 1 heterocycles. The molecule has 0 spiro atoms. The van der Waals surface area contributed by atoms with Crippen LogP contribution in [-0.4, -0.2) is 41.3 Å². The van der Waals surface area contributed by atoms with E-state index in [-0.39, 0.29) is 5.91 Å². The van der Waals surface area contributed by atoms with E-state index in [1.165, 1.54) is 0 Å². The van der Waals surface area contributed by atoms with Crippen molar-refractivity contribution in [1.82, 2.24) is 14.7 Å². The summed E-state index contributed by atoms with van der Waals surface area (Å²) in [4.78, 5) is 13.6. The van der Waals surface area contributed by atoms with Crippen LogP contribution < -0.4 is 4.74 Å². The number of hydrogen-bond donors (Lipinski definition) is 0. The van der Waals surface area contributed by atoms with Crippen LogP contribution >= 0.6 is 0 Å². The zero-order chi connectivity index (χ0) is 13.8. The summed E-state index contributed by atoms with van der Waals surface area (Å²) in [5, 5.41) is 4.29. The van der Waals surface area contributed by atoms with Gasteiger partial charge in [0.25, 0.3) is 5.91 Å². The summed E-state index contributed by atoms with van der Waals surface area (Å²) in [5.41, 5.74) is 1.33. The van der Waals surface area contributed by atoms with Crippen LogP contribution in [0.15, 0.2) is 36.5 Å². The fourth-order valence-corrected chi connectivity index (χ4v) is 1.66. The van der Waals surface area contributed by atoms with Crippen molar-refractivity contribution in [2.24, 2.45) is 0 Å². The Bertz CT molecular complexity index is 560. The molecule has 0 saturated carbocycles. The van der Waals surface area contributed by atoms with Gasteiger partial charge in [-0.1, -0.05) is 0 Å². The van der Waals surface area contributed by atoms with E-state index in [0.717, 1.165) is 11.4 Å². The summed E-state index contributed by atoms with van der Waals surface area (Å²) in [6.07, 6.45) is 1.78. The van der Waals surface area contributed by atoms with Gasteiger partial charge in [0.15, 0.2) is 5.69 Å². The molecule has 0 saturated heterocycles. The smallest absolute Gasteiger partial charge is 0.274 e. The lowest BCUT2D eigenvalue weighted by Gasteiger charge is -2.11. The molecule has 0 aliphatic heterocycles. The van der Waals surface area contributed by atoms with Crippen molar-refractivity contribution in [3.8, 4) is 11.4 Å². The molecule has 19 heavy (non-hydrogen) atoms. The number of ether oxygens (including phenoxy) is 1. The Kier molecular flexibility index (Phi) is 3.85. The van der Waals surface area contributed by atoms with Gasteiger partial charge in [-0.25, -0.2) is 4.68 Å². The molecule has 5 nitrogen and oxygen atoms in total. The summed E-state index contributed by atoms with van der Waals surface area (Å²) >= 11 is 0. The average Bonchev–Trinajstić information content (AvgIpc) is 2.95. The summed E-state index contributed by atoms with van der Waals surface area (Å²) < 4.78 is 6.78. The number of amides is 1. The van der Waals surface area contributed by atoms with E-state index in [2.05, 4.69) is 5.10 Å². The maximum atomic E-state index is 12.0. The van der Waals surface area contributed by atoms with Crippen molar-refractivity contribution in [1.29, 1.82) is 0 Å². The Hall–Kier alpha value is -2.30. The van der Waals surface area contributed by atoms with Gasteiger partial charge in [0.2, 0.25) is 0 Å². The normalized spacial score (nSPS) is 10.3. The van der Waals surface area contributed by atoms with Crippen molar-refractivity contribution in [2.45, 2.75) is 6.92 Å². The van der Waals surface area contributed by atoms with E-state index in [0.29, 0.717) is 12.2 Å². The Morgan fingerprint density at radius 2 is 2.00 bits per heavy atom. The van der Waals surface area contributed by atoms with Gasteiger partial charge in [-0.05, 0) is 37.3 Å². The highest BCUT2D eigenvalue weighted by Crippen LogP contribution is 2.14. The summed E-state index contributed by atoms with van der Waals surface area (Å²) in [7, 11) is 3.38. The summed E-state index contributed by atoms with van der Waals surface area (Å²) in [6.45, 7) is 2.59. The maximum Gasteiger partial charge on any atom is 0.274 e. The number of nitrogens with zero attached hydrogens (tertiary/aromatic N) is 3. The molecule has 0 aliphatic rings. The molecule has 2 rings (SSSR count). The van der Waals surface area contributed by atoms with Gasteiger partial charge in [0.1, 0.15) is 5.75 Å². The molecular formula is C14H17N3O2. The molecule has 5 heteroatoms. The molecule has 0 aliphatic carbocycles. The van der Waals surface area contributed by atoms with E-state index in [1.54, 1.807) is 36.0 Å². The van der Waals surface area contributed by atoms with Crippen LogP contribution in [0.2, 0.25) is 0 Å². The van der Waals surface area contributed by atoms with Crippen molar-refractivity contribution >= 4 is 5.91 Å². The van der Waals surface area contributed by atoms with Crippen LogP contribution in [-0.2, 0) is 0 Å². The minimum Gasteiger partial charge on any atom is -0.497 e. The quantitative estimate of drug-likeness (QED) is 0.843. The van der Waals surface area contributed by atoms with Crippen LogP contribution in [0.5, 0.6) is 5.75 Å². The van der Waals surface area contributed by atoms with E-state index >= 15 is 0 Å². The third-order valence-corrected chi connectivity index (χ3v) is 2.97. The number of methoxy groups -OCH3 is 1. The first kappa shape index (κ1) is 13.1. The van der Waals surface area contributed by atoms with Crippen LogP contribution in [0, 0.1) is 0 Å². The van der Waals surface area contributed by atoms with Crippen molar-refractivity contribution in [3.05, 3.63) is 42.2 Å². The van der Waals surface area contributed by atoms with Gasteiger partial charge < -0.3 is 9.64 Å². The van der Waals surface area contributed by atoms with Gasteiger partial charge in [0, 0.05) is 19.8 Å². The first-order valence-corrected chi connectivity index (χ1v) is 6.11. The highest BCUT2D eigenvalue weighted by Gasteiger charge is 2.13. The zero-order valence-electron chi connectivity index (χ0n) is 11.3. The van der Waals surface area contributed by atoms with Gasteiger partial charge in [-0.2, -0.15) is 5.10 Å². The SMILES string of the molecule is CCN(C)C(=O)c1ccn(-c2ccc(OC)cc2)n1. The Labute approximate surface area is 112 Å². The lowest BCUT2D eigenvalue weighted by molar-refractivity contribution is 0.0796. The molecular weight excluding hydrogens is 242 g/mol. The molecule has 100 valence electrons. The number of carbonyl (C=O) groups is 1. The molecule has 2 aromatic rings. The standard InChI is InChI=1S/C14H17N3O2/c1-4-16(2)14(18)13-9-10-17(15-13)11-5-7-12(19-3)8-6-11/h5-10H,4H2,1-3H3. The number of rotatable bonds is 4. The first-order valence-electron chi connectivity index (χ1n) is 6.11. The average molecular weight is 259 g/mol. The molecule has 0 atom stereocenters. The molecule has 0 N–H and O–H groups in total. The van der Waals surface area contributed by atoms with Crippen LogP contribution in [0.4, 0.5) is 0 Å². The summed E-state index contributed by atoms with van der Waals surface area (Å²) in [5.74, 6) is 0.715. The van der Waals surface area contributed by atoms with Gasteiger partial charge in [-0.15, -0.1) is 0 Å². The highest BCUT2D eigenvalue weighted by molar-refractivity contribution is 5.92. The lowest BCUT2D eigenvalue weighted by atomic mass is 10.3.